The maximum atomic E-state index is 11.9. The zero-order chi connectivity index (χ0) is 11.8. The second-order valence-electron chi connectivity index (χ2n) is 6.19. The van der Waals surface area contributed by atoms with Crippen molar-refractivity contribution in [1.29, 1.82) is 0 Å². The van der Waals surface area contributed by atoms with Gasteiger partial charge < -0.3 is 9.64 Å². The normalized spacial score (nSPS) is 30.1. The number of likely N-dealkylation sites (tertiary alicyclic amines) is 1. The predicted octanol–water partition coefficient (Wildman–Crippen LogP) is 3.04. The Morgan fingerprint density at radius 3 is 2.06 bits per heavy atom. The van der Waals surface area contributed by atoms with Crippen LogP contribution < -0.4 is 0 Å². The van der Waals surface area contributed by atoms with Crippen LogP contribution in [0.25, 0.3) is 0 Å². The molecule has 2 atom stereocenters. The second kappa shape index (κ2) is 4.27. The van der Waals surface area contributed by atoms with Gasteiger partial charge in [0.2, 0.25) is 0 Å². The molecular weight excluding hydrogens is 202 g/mol. The van der Waals surface area contributed by atoms with Crippen LogP contribution in [-0.4, -0.2) is 29.7 Å². The topological polar surface area (TPSA) is 29.5 Å². The molecule has 0 spiro atoms. The fourth-order valence-electron chi connectivity index (χ4n) is 2.88. The van der Waals surface area contributed by atoms with E-state index in [-0.39, 0.29) is 11.7 Å². The fourth-order valence-corrected chi connectivity index (χ4v) is 2.88. The molecule has 1 heterocycles. The third kappa shape index (κ3) is 2.69. The number of ether oxygens (including phenoxy) is 1. The van der Waals surface area contributed by atoms with E-state index in [1.807, 2.05) is 25.7 Å². The standard InChI is InChI=1S/C13H23NO2/c1-13(2,3)16-12(15)14-8-10-6-4-5-7-11(10)9-14/h10-11H,4-9H2,1-3H3/t10-,11-/m0/s1. The number of carbonyl (C=O) groups excluding carboxylic acids is 1. The first-order valence-electron chi connectivity index (χ1n) is 6.43. The van der Waals surface area contributed by atoms with Gasteiger partial charge in [-0.1, -0.05) is 12.8 Å². The van der Waals surface area contributed by atoms with Gasteiger partial charge in [-0.05, 0) is 45.4 Å². The lowest BCUT2D eigenvalue weighted by Gasteiger charge is -2.24. The van der Waals surface area contributed by atoms with Gasteiger partial charge >= 0.3 is 6.09 Å². The molecule has 3 nitrogen and oxygen atoms in total. The highest BCUT2D eigenvalue weighted by Crippen LogP contribution is 2.36. The van der Waals surface area contributed by atoms with Crippen molar-refractivity contribution in [2.45, 2.75) is 52.1 Å². The SMILES string of the molecule is CC(C)(C)OC(=O)N1C[C@@H]2CCCC[C@H]2C1. The Morgan fingerprint density at radius 1 is 1.12 bits per heavy atom. The lowest BCUT2D eigenvalue weighted by atomic mass is 9.82. The summed E-state index contributed by atoms with van der Waals surface area (Å²) in [5.74, 6) is 1.47. The number of carbonyl (C=O) groups is 1. The Labute approximate surface area is 98.1 Å². The molecule has 0 aromatic heterocycles. The van der Waals surface area contributed by atoms with Crippen molar-refractivity contribution in [1.82, 2.24) is 4.90 Å². The van der Waals surface area contributed by atoms with Crippen LogP contribution >= 0.6 is 0 Å². The Bertz CT molecular complexity index is 256. The third-order valence-corrected chi connectivity index (χ3v) is 3.63. The van der Waals surface area contributed by atoms with Crippen LogP contribution in [0.1, 0.15) is 46.5 Å². The van der Waals surface area contributed by atoms with Crippen LogP contribution in [0.2, 0.25) is 0 Å². The van der Waals surface area contributed by atoms with Crippen LogP contribution in [0.4, 0.5) is 4.79 Å². The van der Waals surface area contributed by atoms with Crippen molar-refractivity contribution in [3.8, 4) is 0 Å². The molecule has 1 saturated carbocycles. The third-order valence-electron chi connectivity index (χ3n) is 3.63. The lowest BCUT2D eigenvalue weighted by molar-refractivity contribution is 0.0284. The molecule has 1 aliphatic carbocycles. The minimum absolute atomic E-state index is 0.123. The zero-order valence-corrected chi connectivity index (χ0v) is 10.7. The van der Waals surface area contributed by atoms with E-state index in [0.29, 0.717) is 0 Å². The molecule has 1 saturated heterocycles. The summed E-state index contributed by atoms with van der Waals surface area (Å²) in [7, 11) is 0. The molecule has 92 valence electrons. The molecule has 0 bridgehead atoms. The van der Waals surface area contributed by atoms with Crippen molar-refractivity contribution in [3.05, 3.63) is 0 Å². The maximum absolute atomic E-state index is 11.9. The number of amides is 1. The van der Waals surface area contributed by atoms with Crippen LogP contribution in [0, 0.1) is 11.8 Å². The Balaban J connectivity index is 1.90. The molecule has 1 amide bonds. The molecule has 0 N–H and O–H groups in total. The van der Waals surface area contributed by atoms with Crippen LogP contribution in [-0.2, 0) is 4.74 Å². The summed E-state index contributed by atoms with van der Waals surface area (Å²) in [6.45, 7) is 7.61. The molecular formula is C13H23NO2. The molecule has 1 aliphatic heterocycles. The molecule has 3 heteroatoms. The van der Waals surface area contributed by atoms with Crippen LogP contribution in [0.15, 0.2) is 0 Å². The molecule has 0 unspecified atom stereocenters. The van der Waals surface area contributed by atoms with Gasteiger partial charge in [-0.25, -0.2) is 4.79 Å². The second-order valence-corrected chi connectivity index (χ2v) is 6.19. The fraction of sp³-hybridized carbons (Fsp3) is 0.923. The average molecular weight is 225 g/mol. The molecule has 0 aromatic carbocycles. The summed E-state index contributed by atoms with van der Waals surface area (Å²) in [6, 6.07) is 0. The summed E-state index contributed by atoms with van der Waals surface area (Å²) < 4.78 is 5.41. The van der Waals surface area contributed by atoms with Crippen LogP contribution in [0.3, 0.4) is 0 Å². The first-order chi connectivity index (χ1) is 7.46. The number of hydrogen-bond donors (Lipinski definition) is 0. The summed E-state index contributed by atoms with van der Waals surface area (Å²) in [5.41, 5.74) is -0.370. The van der Waals surface area contributed by atoms with E-state index < -0.39 is 0 Å². The van der Waals surface area contributed by atoms with Crippen molar-refractivity contribution in [3.63, 3.8) is 0 Å². The highest BCUT2D eigenvalue weighted by molar-refractivity contribution is 5.68. The zero-order valence-electron chi connectivity index (χ0n) is 10.7. The Hall–Kier alpha value is -0.730. The monoisotopic (exact) mass is 225 g/mol. The Morgan fingerprint density at radius 2 is 1.62 bits per heavy atom. The maximum Gasteiger partial charge on any atom is 0.410 e. The van der Waals surface area contributed by atoms with Gasteiger partial charge in [0, 0.05) is 13.1 Å². The number of fused-ring (bicyclic) bond motifs is 1. The highest BCUT2D eigenvalue weighted by Gasteiger charge is 2.37. The van der Waals surface area contributed by atoms with Crippen molar-refractivity contribution >= 4 is 6.09 Å². The van der Waals surface area contributed by atoms with Gasteiger partial charge in [0.1, 0.15) is 5.60 Å². The molecule has 2 rings (SSSR count). The van der Waals surface area contributed by atoms with Gasteiger partial charge in [-0.2, -0.15) is 0 Å². The van der Waals surface area contributed by atoms with Gasteiger partial charge in [-0.15, -0.1) is 0 Å². The van der Waals surface area contributed by atoms with Crippen LogP contribution in [0.5, 0.6) is 0 Å². The van der Waals surface area contributed by atoms with E-state index >= 15 is 0 Å². The number of nitrogens with zero attached hydrogens (tertiary/aromatic N) is 1. The first-order valence-corrected chi connectivity index (χ1v) is 6.43. The van der Waals surface area contributed by atoms with E-state index in [2.05, 4.69) is 0 Å². The molecule has 0 radical (unpaired) electrons. The minimum Gasteiger partial charge on any atom is -0.444 e. The summed E-state index contributed by atoms with van der Waals surface area (Å²) in [6.07, 6.45) is 5.14. The number of rotatable bonds is 0. The van der Waals surface area contributed by atoms with Crippen molar-refractivity contribution in [2.24, 2.45) is 11.8 Å². The first kappa shape index (κ1) is 11.7. The van der Waals surface area contributed by atoms with E-state index in [0.717, 1.165) is 24.9 Å². The minimum atomic E-state index is -0.370. The summed E-state index contributed by atoms with van der Waals surface area (Å²) >= 11 is 0. The van der Waals surface area contributed by atoms with Gasteiger partial charge in [0.05, 0.1) is 0 Å². The van der Waals surface area contributed by atoms with E-state index in [1.54, 1.807) is 0 Å². The largest absolute Gasteiger partial charge is 0.444 e. The average Bonchev–Trinajstić information content (AvgIpc) is 2.58. The van der Waals surface area contributed by atoms with Gasteiger partial charge in [0.25, 0.3) is 0 Å². The van der Waals surface area contributed by atoms with Crippen molar-refractivity contribution in [2.75, 3.05) is 13.1 Å². The van der Waals surface area contributed by atoms with E-state index in [9.17, 15) is 4.79 Å². The quantitative estimate of drug-likeness (QED) is 0.634. The summed E-state index contributed by atoms with van der Waals surface area (Å²) in [5, 5.41) is 0. The van der Waals surface area contributed by atoms with Gasteiger partial charge in [-0.3, -0.25) is 0 Å². The lowest BCUT2D eigenvalue weighted by Crippen LogP contribution is -2.35. The highest BCUT2D eigenvalue weighted by atomic mass is 16.6. The van der Waals surface area contributed by atoms with Gasteiger partial charge in [0.15, 0.2) is 0 Å². The predicted molar refractivity (Wildman–Crippen MR) is 63.3 cm³/mol. The van der Waals surface area contributed by atoms with E-state index in [1.165, 1.54) is 25.7 Å². The van der Waals surface area contributed by atoms with E-state index in [4.69, 9.17) is 4.74 Å². The Kier molecular flexibility index (Phi) is 3.13. The summed E-state index contributed by atoms with van der Waals surface area (Å²) in [4.78, 5) is 13.8. The molecule has 0 aromatic rings. The molecule has 2 fully saturated rings. The number of hydrogen-bond acceptors (Lipinski definition) is 2. The molecule has 2 aliphatic rings. The molecule has 16 heavy (non-hydrogen) atoms. The van der Waals surface area contributed by atoms with Crippen molar-refractivity contribution < 1.29 is 9.53 Å². The smallest absolute Gasteiger partial charge is 0.410 e.